The van der Waals surface area contributed by atoms with Gasteiger partial charge in [-0.15, -0.1) is 0 Å². The molecule has 12 heavy (non-hydrogen) atoms. The van der Waals surface area contributed by atoms with Crippen LogP contribution in [0.4, 0.5) is 0 Å². The van der Waals surface area contributed by atoms with E-state index in [1.54, 1.807) is 0 Å². The molecule has 1 N–H and O–H groups in total. The van der Waals surface area contributed by atoms with Crippen LogP contribution in [0.3, 0.4) is 0 Å². The first kappa shape index (κ1) is 11.9. The average molecular weight is 186 g/mol. The highest BCUT2D eigenvalue weighted by Crippen LogP contribution is 2.27. The first-order valence-corrected chi connectivity index (χ1v) is 7.59. The van der Waals surface area contributed by atoms with E-state index in [9.17, 15) is 5.11 Å². The molecular formula is C10H22OSi. The molecule has 0 unspecified atom stereocenters. The third-order valence-electron chi connectivity index (χ3n) is 3.23. The standard InChI is InChI=1S/C10H22OSi/c1-5-10(9-11)12(6-2,7-3)8-4/h5,11H,6-9H2,1-4H3/b10-5+. The highest BCUT2D eigenvalue weighted by molar-refractivity contribution is 6.86. The highest BCUT2D eigenvalue weighted by atomic mass is 28.3. The summed E-state index contributed by atoms with van der Waals surface area (Å²) in [5, 5.41) is 10.6. The Kier molecular flexibility index (Phi) is 5.50. The van der Waals surface area contributed by atoms with Crippen LogP contribution in [0.25, 0.3) is 0 Å². The highest BCUT2D eigenvalue weighted by Gasteiger charge is 2.29. The van der Waals surface area contributed by atoms with E-state index in [0.717, 1.165) is 0 Å². The second-order valence-corrected chi connectivity index (χ2v) is 8.64. The van der Waals surface area contributed by atoms with Gasteiger partial charge in [-0.25, -0.2) is 0 Å². The van der Waals surface area contributed by atoms with Gasteiger partial charge >= 0.3 is 0 Å². The van der Waals surface area contributed by atoms with Gasteiger partial charge in [-0.05, 0) is 6.92 Å². The Bertz CT molecular complexity index is 140. The molecule has 0 radical (unpaired) electrons. The number of hydrogen-bond donors (Lipinski definition) is 1. The molecule has 0 aliphatic heterocycles. The second kappa shape index (κ2) is 5.54. The lowest BCUT2D eigenvalue weighted by Gasteiger charge is -2.30. The predicted molar refractivity (Wildman–Crippen MR) is 58.0 cm³/mol. The van der Waals surface area contributed by atoms with Crippen LogP contribution in [0.15, 0.2) is 11.3 Å². The normalized spacial score (nSPS) is 13.6. The van der Waals surface area contributed by atoms with Crippen molar-refractivity contribution in [3.05, 3.63) is 11.3 Å². The van der Waals surface area contributed by atoms with Crippen LogP contribution in [-0.4, -0.2) is 19.8 Å². The van der Waals surface area contributed by atoms with Gasteiger partial charge in [0, 0.05) is 0 Å². The summed E-state index contributed by atoms with van der Waals surface area (Å²) in [6.45, 7) is 9.11. The SMILES string of the molecule is C/C=C(\CO)[Si](CC)(CC)CC. The van der Waals surface area contributed by atoms with Crippen molar-refractivity contribution in [1.29, 1.82) is 0 Å². The molecule has 0 aliphatic carbocycles. The monoisotopic (exact) mass is 186 g/mol. The van der Waals surface area contributed by atoms with Gasteiger partial charge in [-0.1, -0.05) is 50.2 Å². The fourth-order valence-electron chi connectivity index (χ4n) is 2.00. The molecule has 0 bridgehead atoms. The Morgan fingerprint density at radius 2 is 1.58 bits per heavy atom. The van der Waals surface area contributed by atoms with Gasteiger partial charge in [0.1, 0.15) is 0 Å². The van der Waals surface area contributed by atoms with Crippen LogP contribution in [0.5, 0.6) is 0 Å². The minimum atomic E-state index is -1.24. The van der Waals surface area contributed by atoms with E-state index in [4.69, 9.17) is 0 Å². The van der Waals surface area contributed by atoms with Gasteiger partial charge in [0.05, 0.1) is 14.7 Å². The molecule has 0 aliphatic rings. The van der Waals surface area contributed by atoms with Gasteiger partial charge in [-0.2, -0.15) is 0 Å². The molecule has 1 nitrogen and oxygen atoms in total. The van der Waals surface area contributed by atoms with Crippen LogP contribution >= 0.6 is 0 Å². The zero-order chi connectivity index (χ0) is 9.61. The van der Waals surface area contributed by atoms with Crippen molar-refractivity contribution in [2.45, 2.75) is 45.8 Å². The molecule has 0 amide bonds. The summed E-state index contributed by atoms with van der Waals surface area (Å²) in [6.07, 6.45) is 2.13. The Morgan fingerprint density at radius 3 is 1.67 bits per heavy atom. The van der Waals surface area contributed by atoms with Crippen molar-refractivity contribution >= 4 is 8.07 Å². The van der Waals surface area contributed by atoms with Crippen LogP contribution in [0.2, 0.25) is 18.1 Å². The summed E-state index contributed by atoms with van der Waals surface area (Å²) >= 11 is 0. The van der Waals surface area contributed by atoms with Crippen LogP contribution in [0, 0.1) is 0 Å². The number of rotatable bonds is 5. The first-order valence-electron chi connectivity index (χ1n) is 4.97. The average Bonchev–Trinajstić information content (AvgIpc) is 2.14. The Morgan fingerprint density at radius 1 is 1.17 bits per heavy atom. The largest absolute Gasteiger partial charge is 0.392 e. The first-order chi connectivity index (χ1) is 5.70. The Hall–Kier alpha value is -0.0831. The van der Waals surface area contributed by atoms with Crippen molar-refractivity contribution < 1.29 is 5.11 Å². The molecule has 0 saturated heterocycles. The van der Waals surface area contributed by atoms with Crippen molar-refractivity contribution in [3.63, 3.8) is 0 Å². The molecule has 0 aromatic heterocycles. The predicted octanol–water partition coefficient (Wildman–Crippen LogP) is 2.97. The van der Waals surface area contributed by atoms with Gasteiger partial charge in [0.15, 0.2) is 0 Å². The van der Waals surface area contributed by atoms with E-state index in [1.807, 2.05) is 6.92 Å². The van der Waals surface area contributed by atoms with Gasteiger partial charge in [0.25, 0.3) is 0 Å². The molecule has 0 heterocycles. The fraction of sp³-hybridized carbons (Fsp3) is 0.800. The van der Waals surface area contributed by atoms with Crippen molar-refractivity contribution in [1.82, 2.24) is 0 Å². The fourth-order valence-corrected chi connectivity index (χ4v) is 5.81. The van der Waals surface area contributed by atoms with Crippen molar-refractivity contribution in [3.8, 4) is 0 Å². The van der Waals surface area contributed by atoms with E-state index >= 15 is 0 Å². The maximum atomic E-state index is 9.22. The molecule has 0 rings (SSSR count). The molecule has 0 aromatic rings. The molecule has 2 heteroatoms. The smallest absolute Gasteiger partial charge is 0.0833 e. The lowest BCUT2D eigenvalue weighted by atomic mass is 10.5. The van der Waals surface area contributed by atoms with E-state index in [-0.39, 0.29) is 6.61 Å². The Labute approximate surface area is 77.5 Å². The number of hydrogen-bond acceptors (Lipinski definition) is 1. The van der Waals surface area contributed by atoms with E-state index in [1.165, 1.54) is 23.3 Å². The third-order valence-corrected chi connectivity index (χ3v) is 9.10. The van der Waals surface area contributed by atoms with E-state index < -0.39 is 8.07 Å². The van der Waals surface area contributed by atoms with Crippen LogP contribution in [-0.2, 0) is 0 Å². The van der Waals surface area contributed by atoms with Crippen LogP contribution < -0.4 is 0 Å². The summed E-state index contributed by atoms with van der Waals surface area (Å²) in [5.74, 6) is 0. The lowest BCUT2D eigenvalue weighted by molar-refractivity contribution is 0.336. The molecule has 72 valence electrons. The molecular weight excluding hydrogens is 164 g/mol. The maximum Gasteiger partial charge on any atom is 0.0833 e. The molecule has 0 atom stereocenters. The minimum Gasteiger partial charge on any atom is -0.392 e. The van der Waals surface area contributed by atoms with Crippen molar-refractivity contribution in [2.75, 3.05) is 6.61 Å². The Balaban J connectivity index is 4.68. The van der Waals surface area contributed by atoms with Gasteiger partial charge in [0.2, 0.25) is 0 Å². The molecule has 0 fully saturated rings. The van der Waals surface area contributed by atoms with Crippen molar-refractivity contribution in [2.24, 2.45) is 0 Å². The van der Waals surface area contributed by atoms with E-state index in [0.29, 0.717) is 0 Å². The lowest BCUT2D eigenvalue weighted by Crippen LogP contribution is -2.36. The number of aliphatic hydroxyl groups excluding tert-OH is 1. The zero-order valence-electron chi connectivity index (χ0n) is 8.85. The quantitative estimate of drug-likeness (QED) is 0.655. The van der Waals surface area contributed by atoms with Gasteiger partial charge in [-0.3, -0.25) is 0 Å². The van der Waals surface area contributed by atoms with Crippen LogP contribution in [0.1, 0.15) is 27.7 Å². The third kappa shape index (κ3) is 2.20. The second-order valence-electron chi connectivity index (χ2n) is 3.31. The summed E-state index contributed by atoms with van der Waals surface area (Å²) in [4.78, 5) is 0. The zero-order valence-corrected chi connectivity index (χ0v) is 9.85. The summed E-state index contributed by atoms with van der Waals surface area (Å²) in [5.41, 5.74) is 0. The van der Waals surface area contributed by atoms with E-state index in [2.05, 4.69) is 26.8 Å². The summed E-state index contributed by atoms with van der Waals surface area (Å²) in [6, 6.07) is 3.79. The number of allylic oxidation sites excluding steroid dienone is 1. The molecule has 0 spiro atoms. The summed E-state index contributed by atoms with van der Waals surface area (Å²) < 4.78 is 0. The number of aliphatic hydroxyl groups is 1. The summed E-state index contributed by atoms with van der Waals surface area (Å²) in [7, 11) is -1.24. The minimum absolute atomic E-state index is 0.276. The molecule has 0 aromatic carbocycles. The topological polar surface area (TPSA) is 20.2 Å². The maximum absolute atomic E-state index is 9.22. The van der Waals surface area contributed by atoms with Gasteiger partial charge < -0.3 is 5.11 Å². The molecule has 0 saturated carbocycles.